The summed E-state index contributed by atoms with van der Waals surface area (Å²) in [7, 11) is 0. The van der Waals surface area contributed by atoms with Crippen molar-refractivity contribution < 1.29 is 14.3 Å². The van der Waals surface area contributed by atoms with Gasteiger partial charge in [-0.25, -0.2) is 4.79 Å². The van der Waals surface area contributed by atoms with Crippen LogP contribution in [0.4, 0.5) is 10.5 Å². The van der Waals surface area contributed by atoms with Crippen molar-refractivity contribution in [3.05, 3.63) is 29.3 Å². The number of nitrogens with zero attached hydrogens (tertiary/aromatic N) is 1. The Morgan fingerprint density at radius 2 is 2.13 bits per heavy atom. The fraction of sp³-hybridized carbons (Fsp3) is 0.200. The van der Waals surface area contributed by atoms with Crippen LogP contribution >= 0.6 is 11.6 Å². The maximum atomic E-state index is 11.4. The van der Waals surface area contributed by atoms with Gasteiger partial charge >= 0.3 is 12.1 Å². The summed E-state index contributed by atoms with van der Waals surface area (Å²) in [6.45, 7) is 0.331. The summed E-state index contributed by atoms with van der Waals surface area (Å²) in [5.74, 6) is -0.488. The second-order valence-electron chi connectivity index (χ2n) is 3.12. The van der Waals surface area contributed by atoms with Crippen LogP contribution < -0.4 is 4.90 Å². The molecule has 0 aliphatic carbocycles. The van der Waals surface area contributed by atoms with Gasteiger partial charge in [0.2, 0.25) is 0 Å². The van der Waals surface area contributed by atoms with Crippen LogP contribution in [0.1, 0.15) is 6.42 Å². The van der Waals surface area contributed by atoms with Crippen LogP contribution in [0.15, 0.2) is 24.3 Å². The van der Waals surface area contributed by atoms with E-state index in [1.807, 2.05) is 0 Å². The van der Waals surface area contributed by atoms with E-state index in [9.17, 15) is 9.59 Å². The van der Waals surface area contributed by atoms with E-state index in [-0.39, 0.29) is 6.42 Å². The van der Waals surface area contributed by atoms with E-state index in [0.29, 0.717) is 17.3 Å². The average molecular weight is 226 g/mol. The lowest BCUT2D eigenvalue weighted by atomic mass is 10.2. The highest BCUT2D eigenvalue weighted by molar-refractivity contribution is 6.30. The summed E-state index contributed by atoms with van der Waals surface area (Å²) >= 11 is 5.79. The van der Waals surface area contributed by atoms with E-state index in [2.05, 4.69) is 4.74 Å². The lowest BCUT2D eigenvalue weighted by molar-refractivity contribution is -0.138. The molecule has 0 N–H and O–H groups in total. The third-order valence-electron chi connectivity index (χ3n) is 2.08. The summed E-state index contributed by atoms with van der Waals surface area (Å²) in [6.07, 6.45) is -0.438. The molecule has 0 radical (unpaired) electrons. The average Bonchev–Trinajstić information content (AvgIpc) is 2.17. The fourth-order valence-corrected chi connectivity index (χ4v) is 1.56. The zero-order valence-electron chi connectivity index (χ0n) is 7.77. The molecule has 1 heterocycles. The third kappa shape index (κ3) is 2.10. The molecule has 0 saturated carbocycles. The number of carbonyl (C=O) groups is 2. The number of rotatable bonds is 1. The first-order valence-electron chi connectivity index (χ1n) is 4.44. The van der Waals surface area contributed by atoms with Gasteiger partial charge in [-0.15, -0.1) is 0 Å². The van der Waals surface area contributed by atoms with E-state index in [0.717, 1.165) is 0 Å². The van der Waals surface area contributed by atoms with E-state index < -0.39 is 12.1 Å². The van der Waals surface area contributed by atoms with Crippen molar-refractivity contribution in [3.8, 4) is 0 Å². The van der Waals surface area contributed by atoms with Gasteiger partial charge in [0.15, 0.2) is 0 Å². The molecule has 0 atom stereocenters. The molecule has 0 unspecified atom stereocenters. The molecule has 2 rings (SSSR count). The molecular weight excluding hydrogens is 218 g/mol. The van der Waals surface area contributed by atoms with Crippen LogP contribution in [0.25, 0.3) is 0 Å². The van der Waals surface area contributed by atoms with Gasteiger partial charge in [0.1, 0.15) is 0 Å². The number of anilines is 1. The van der Waals surface area contributed by atoms with Gasteiger partial charge in [-0.3, -0.25) is 9.69 Å². The first-order chi connectivity index (χ1) is 7.16. The number of cyclic esters (lactones) is 2. The quantitative estimate of drug-likeness (QED) is 0.544. The number of amides is 1. The van der Waals surface area contributed by atoms with Gasteiger partial charge in [-0.2, -0.15) is 0 Å². The van der Waals surface area contributed by atoms with Gasteiger partial charge in [0.05, 0.1) is 6.42 Å². The molecule has 78 valence electrons. The first kappa shape index (κ1) is 9.98. The number of carbonyl (C=O) groups excluding carboxylic acids is 2. The number of hydrogen-bond acceptors (Lipinski definition) is 3. The number of halogens is 1. The Morgan fingerprint density at radius 1 is 1.33 bits per heavy atom. The Morgan fingerprint density at radius 3 is 2.80 bits per heavy atom. The van der Waals surface area contributed by atoms with Gasteiger partial charge in [-0.05, 0) is 18.2 Å². The number of ether oxygens (including phenoxy) is 1. The fourth-order valence-electron chi connectivity index (χ4n) is 1.38. The Bertz CT molecular complexity index is 419. The monoisotopic (exact) mass is 225 g/mol. The summed E-state index contributed by atoms with van der Waals surface area (Å²) in [4.78, 5) is 23.6. The summed E-state index contributed by atoms with van der Waals surface area (Å²) < 4.78 is 4.50. The van der Waals surface area contributed by atoms with Crippen LogP contribution in [0.3, 0.4) is 0 Å². The zero-order valence-corrected chi connectivity index (χ0v) is 8.53. The highest BCUT2D eigenvalue weighted by atomic mass is 35.5. The second-order valence-corrected chi connectivity index (χ2v) is 3.56. The van der Waals surface area contributed by atoms with Crippen molar-refractivity contribution in [1.29, 1.82) is 0 Å². The third-order valence-corrected chi connectivity index (χ3v) is 2.32. The van der Waals surface area contributed by atoms with Crippen molar-refractivity contribution in [2.75, 3.05) is 11.4 Å². The van der Waals surface area contributed by atoms with Crippen LogP contribution in [-0.2, 0) is 9.53 Å². The van der Waals surface area contributed by atoms with Gasteiger partial charge < -0.3 is 4.74 Å². The molecule has 15 heavy (non-hydrogen) atoms. The van der Waals surface area contributed by atoms with Crippen molar-refractivity contribution in [1.82, 2.24) is 0 Å². The Labute approximate surface area is 91.4 Å². The maximum absolute atomic E-state index is 11.4. The minimum Gasteiger partial charge on any atom is -0.376 e. The Hall–Kier alpha value is -1.55. The Kier molecular flexibility index (Phi) is 2.60. The van der Waals surface area contributed by atoms with Crippen LogP contribution in [0.5, 0.6) is 0 Å². The molecule has 1 aliphatic rings. The van der Waals surface area contributed by atoms with Crippen LogP contribution in [0, 0.1) is 0 Å². The predicted molar refractivity (Wildman–Crippen MR) is 54.9 cm³/mol. The first-order valence-corrected chi connectivity index (χ1v) is 4.82. The molecule has 0 bridgehead atoms. The predicted octanol–water partition coefficient (Wildman–Crippen LogP) is 2.21. The normalized spacial score (nSPS) is 16.5. The molecule has 5 heteroatoms. The smallest absolute Gasteiger partial charge is 0.376 e. The maximum Gasteiger partial charge on any atom is 0.422 e. The minimum atomic E-state index is -0.645. The van der Waals surface area contributed by atoms with Crippen molar-refractivity contribution in [3.63, 3.8) is 0 Å². The molecule has 0 spiro atoms. The molecule has 4 nitrogen and oxygen atoms in total. The molecule has 1 saturated heterocycles. The summed E-state index contributed by atoms with van der Waals surface area (Å²) in [5.41, 5.74) is 0.639. The molecule has 1 aliphatic heterocycles. The molecule has 1 aromatic rings. The lowest BCUT2D eigenvalue weighted by Gasteiger charge is -2.24. The molecule has 1 amide bonds. The number of benzene rings is 1. The van der Waals surface area contributed by atoms with Gasteiger partial charge in [-0.1, -0.05) is 17.7 Å². The van der Waals surface area contributed by atoms with Crippen molar-refractivity contribution in [2.45, 2.75) is 6.42 Å². The Balaban J connectivity index is 2.24. The van der Waals surface area contributed by atoms with Crippen molar-refractivity contribution >= 4 is 29.4 Å². The second kappa shape index (κ2) is 3.90. The lowest BCUT2D eigenvalue weighted by Crippen LogP contribution is -2.40. The van der Waals surface area contributed by atoms with Gasteiger partial charge in [0.25, 0.3) is 0 Å². The highest BCUT2D eigenvalue weighted by Gasteiger charge is 2.26. The molecule has 1 aromatic carbocycles. The molecule has 1 fully saturated rings. The topological polar surface area (TPSA) is 46.6 Å². The zero-order chi connectivity index (χ0) is 10.8. The standard InChI is InChI=1S/C10H8ClNO3/c11-7-2-1-3-8(6-7)12-5-4-9(13)15-10(12)14/h1-3,6H,4-5H2. The van der Waals surface area contributed by atoms with E-state index in [1.54, 1.807) is 24.3 Å². The van der Waals surface area contributed by atoms with Gasteiger partial charge in [0, 0.05) is 17.3 Å². The number of esters is 1. The number of hydrogen-bond donors (Lipinski definition) is 0. The summed E-state index contributed by atoms with van der Waals surface area (Å²) in [5, 5.41) is 0.539. The minimum absolute atomic E-state index is 0.207. The largest absolute Gasteiger partial charge is 0.422 e. The van der Waals surface area contributed by atoms with Crippen LogP contribution in [0.2, 0.25) is 5.02 Å². The van der Waals surface area contributed by atoms with E-state index in [1.165, 1.54) is 4.90 Å². The molecule has 0 aromatic heterocycles. The van der Waals surface area contributed by atoms with E-state index in [4.69, 9.17) is 11.6 Å². The molecular formula is C10H8ClNO3. The summed E-state index contributed by atoms with van der Waals surface area (Å²) in [6, 6.07) is 6.84. The van der Waals surface area contributed by atoms with E-state index >= 15 is 0 Å². The van der Waals surface area contributed by atoms with Crippen LogP contribution in [-0.4, -0.2) is 18.6 Å². The van der Waals surface area contributed by atoms with Crippen molar-refractivity contribution in [2.24, 2.45) is 0 Å². The SMILES string of the molecule is O=C1CCN(c2cccc(Cl)c2)C(=O)O1. The highest BCUT2D eigenvalue weighted by Crippen LogP contribution is 2.22.